The minimum absolute atomic E-state index is 0.186. The van der Waals surface area contributed by atoms with E-state index in [2.05, 4.69) is 70.3 Å². The molecule has 0 aliphatic carbocycles. The number of rotatable bonds is 4. The SMILES string of the molecule is Cc1cccc(C)c1NCc1ccccc1OC(C)(C)C. The lowest BCUT2D eigenvalue weighted by Crippen LogP contribution is -2.23. The molecule has 0 fully saturated rings. The summed E-state index contributed by atoms with van der Waals surface area (Å²) in [6.45, 7) is 11.2. The zero-order valence-corrected chi connectivity index (χ0v) is 13.7. The van der Waals surface area contributed by atoms with Crippen molar-refractivity contribution in [3.8, 4) is 5.75 Å². The molecule has 2 nitrogen and oxygen atoms in total. The Bertz CT molecular complexity index is 591. The Balaban J connectivity index is 2.17. The van der Waals surface area contributed by atoms with Gasteiger partial charge in [0.15, 0.2) is 0 Å². The van der Waals surface area contributed by atoms with Gasteiger partial charge in [0.2, 0.25) is 0 Å². The van der Waals surface area contributed by atoms with Crippen molar-refractivity contribution in [2.75, 3.05) is 5.32 Å². The Morgan fingerprint density at radius 3 is 2.14 bits per heavy atom. The zero-order chi connectivity index (χ0) is 15.5. The van der Waals surface area contributed by atoms with Crippen molar-refractivity contribution in [2.45, 2.75) is 46.8 Å². The van der Waals surface area contributed by atoms with Crippen LogP contribution in [0.4, 0.5) is 5.69 Å². The number of hydrogen-bond donors (Lipinski definition) is 1. The molecule has 0 spiro atoms. The largest absolute Gasteiger partial charge is 0.488 e. The number of aryl methyl sites for hydroxylation is 2. The third-order valence-corrected chi connectivity index (χ3v) is 3.33. The lowest BCUT2D eigenvalue weighted by molar-refractivity contribution is 0.129. The summed E-state index contributed by atoms with van der Waals surface area (Å²) in [4.78, 5) is 0. The number of anilines is 1. The summed E-state index contributed by atoms with van der Waals surface area (Å²) < 4.78 is 6.04. The maximum absolute atomic E-state index is 6.04. The fourth-order valence-electron chi connectivity index (χ4n) is 2.36. The number of para-hydroxylation sites is 2. The van der Waals surface area contributed by atoms with E-state index in [0.29, 0.717) is 0 Å². The first-order chi connectivity index (χ1) is 9.87. The van der Waals surface area contributed by atoms with Crippen LogP contribution in [0.5, 0.6) is 5.75 Å². The van der Waals surface area contributed by atoms with Gasteiger partial charge in [-0.15, -0.1) is 0 Å². The van der Waals surface area contributed by atoms with Gasteiger partial charge in [-0.2, -0.15) is 0 Å². The van der Waals surface area contributed by atoms with Crippen LogP contribution in [0, 0.1) is 13.8 Å². The Kier molecular flexibility index (Phi) is 4.56. The molecule has 0 saturated carbocycles. The number of ether oxygens (including phenoxy) is 1. The maximum Gasteiger partial charge on any atom is 0.125 e. The van der Waals surface area contributed by atoms with Crippen LogP contribution in [0.1, 0.15) is 37.5 Å². The van der Waals surface area contributed by atoms with Crippen molar-refractivity contribution in [1.82, 2.24) is 0 Å². The molecular formula is C19H25NO. The van der Waals surface area contributed by atoms with Gasteiger partial charge in [0.1, 0.15) is 11.4 Å². The van der Waals surface area contributed by atoms with Crippen LogP contribution >= 0.6 is 0 Å². The number of nitrogens with one attached hydrogen (secondary N) is 1. The molecule has 1 N–H and O–H groups in total. The van der Waals surface area contributed by atoms with Gasteiger partial charge in [-0.05, 0) is 51.8 Å². The van der Waals surface area contributed by atoms with Crippen LogP contribution < -0.4 is 10.1 Å². The second-order valence-electron chi connectivity index (χ2n) is 6.44. The van der Waals surface area contributed by atoms with Gasteiger partial charge in [-0.3, -0.25) is 0 Å². The van der Waals surface area contributed by atoms with Crippen LogP contribution in [0.2, 0.25) is 0 Å². The fraction of sp³-hybridized carbons (Fsp3) is 0.368. The minimum Gasteiger partial charge on any atom is -0.488 e. The zero-order valence-electron chi connectivity index (χ0n) is 13.7. The average Bonchev–Trinajstić information content (AvgIpc) is 2.38. The van der Waals surface area contributed by atoms with E-state index in [4.69, 9.17) is 4.74 Å². The molecule has 0 aromatic heterocycles. The third kappa shape index (κ3) is 4.25. The highest BCUT2D eigenvalue weighted by Gasteiger charge is 2.14. The first kappa shape index (κ1) is 15.4. The molecule has 0 unspecified atom stereocenters. The third-order valence-electron chi connectivity index (χ3n) is 3.33. The van der Waals surface area contributed by atoms with Gasteiger partial charge in [0, 0.05) is 17.8 Å². The van der Waals surface area contributed by atoms with E-state index in [-0.39, 0.29) is 5.60 Å². The summed E-state index contributed by atoms with van der Waals surface area (Å²) in [7, 11) is 0. The molecule has 0 heterocycles. The van der Waals surface area contributed by atoms with Crippen LogP contribution in [-0.2, 0) is 6.54 Å². The molecular weight excluding hydrogens is 258 g/mol. The molecule has 0 radical (unpaired) electrons. The summed E-state index contributed by atoms with van der Waals surface area (Å²) in [5.74, 6) is 0.948. The molecule has 0 bridgehead atoms. The predicted molar refractivity (Wildman–Crippen MR) is 90.1 cm³/mol. The van der Waals surface area contributed by atoms with Gasteiger partial charge < -0.3 is 10.1 Å². The van der Waals surface area contributed by atoms with Gasteiger partial charge in [-0.1, -0.05) is 36.4 Å². The smallest absolute Gasteiger partial charge is 0.125 e. The topological polar surface area (TPSA) is 21.3 Å². The van der Waals surface area contributed by atoms with Crippen LogP contribution in [0.15, 0.2) is 42.5 Å². The number of hydrogen-bond acceptors (Lipinski definition) is 2. The van der Waals surface area contributed by atoms with E-state index >= 15 is 0 Å². The van der Waals surface area contributed by atoms with E-state index in [9.17, 15) is 0 Å². The molecule has 0 atom stereocenters. The van der Waals surface area contributed by atoms with Crippen molar-refractivity contribution in [2.24, 2.45) is 0 Å². The molecule has 0 aliphatic heterocycles. The lowest BCUT2D eigenvalue weighted by Gasteiger charge is -2.23. The quantitative estimate of drug-likeness (QED) is 0.843. The fourth-order valence-corrected chi connectivity index (χ4v) is 2.36. The van der Waals surface area contributed by atoms with Gasteiger partial charge in [0.05, 0.1) is 0 Å². The van der Waals surface area contributed by atoms with Crippen LogP contribution in [0.3, 0.4) is 0 Å². The highest BCUT2D eigenvalue weighted by Crippen LogP contribution is 2.25. The molecule has 2 aromatic rings. The first-order valence-corrected chi connectivity index (χ1v) is 7.44. The molecule has 112 valence electrons. The molecule has 2 heteroatoms. The molecule has 21 heavy (non-hydrogen) atoms. The predicted octanol–water partition coefficient (Wildman–Crippen LogP) is 5.09. The molecule has 2 aromatic carbocycles. The van der Waals surface area contributed by atoms with Crippen LogP contribution in [0.25, 0.3) is 0 Å². The standard InChI is InChI=1S/C19H25NO/c1-14-9-8-10-15(2)18(14)20-13-16-11-6-7-12-17(16)21-19(3,4)5/h6-12,20H,13H2,1-5H3. The van der Waals surface area contributed by atoms with E-state index < -0.39 is 0 Å². The van der Waals surface area contributed by atoms with E-state index in [1.807, 2.05) is 12.1 Å². The van der Waals surface area contributed by atoms with Crippen molar-refractivity contribution < 1.29 is 4.74 Å². The van der Waals surface area contributed by atoms with Crippen molar-refractivity contribution in [3.63, 3.8) is 0 Å². The Morgan fingerprint density at radius 1 is 0.905 bits per heavy atom. The average molecular weight is 283 g/mol. The molecule has 0 aliphatic rings. The summed E-state index contributed by atoms with van der Waals surface area (Å²) in [5, 5.41) is 3.54. The second-order valence-corrected chi connectivity index (χ2v) is 6.44. The van der Waals surface area contributed by atoms with Crippen molar-refractivity contribution in [1.29, 1.82) is 0 Å². The molecule has 2 rings (SSSR count). The molecule has 0 amide bonds. The first-order valence-electron chi connectivity index (χ1n) is 7.44. The summed E-state index contributed by atoms with van der Waals surface area (Å²) in [6.07, 6.45) is 0. The Hall–Kier alpha value is -1.96. The minimum atomic E-state index is -0.186. The van der Waals surface area contributed by atoms with Gasteiger partial charge in [0.25, 0.3) is 0 Å². The highest BCUT2D eigenvalue weighted by atomic mass is 16.5. The normalized spacial score (nSPS) is 11.3. The summed E-state index contributed by atoms with van der Waals surface area (Å²) in [5.41, 5.74) is 4.74. The van der Waals surface area contributed by atoms with Crippen LogP contribution in [-0.4, -0.2) is 5.60 Å². The van der Waals surface area contributed by atoms with Gasteiger partial charge >= 0.3 is 0 Å². The monoisotopic (exact) mass is 283 g/mol. The van der Waals surface area contributed by atoms with Crippen molar-refractivity contribution in [3.05, 3.63) is 59.2 Å². The van der Waals surface area contributed by atoms with Crippen molar-refractivity contribution >= 4 is 5.69 Å². The molecule has 0 saturated heterocycles. The van der Waals surface area contributed by atoms with E-state index in [1.54, 1.807) is 0 Å². The number of benzene rings is 2. The Labute approximate surface area is 128 Å². The van der Waals surface area contributed by atoms with Gasteiger partial charge in [-0.25, -0.2) is 0 Å². The highest BCUT2D eigenvalue weighted by molar-refractivity contribution is 5.57. The van der Waals surface area contributed by atoms with E-state index in [0.717, 1.165) is 12.3 Å². The van der Waals surface area contributed by atoms with E-state index in [1.165, 1.54) is 22.4 Å². The summed E-state index contributed by atoms with van der Waals surface area (Å²) in [6, 6.07) is 14.6. The second kappa shape index (κ2) is 6.21. The Morgan fingerprint density at radius 2 is 1.52 bits per heavy atom. The maximum atomic E-state index is 6.04. The lowest BCUT2D eigenvalue weighted by atomic mass is 10.1. The summed E-state index contributed by atoms with van der Waals surface area (Å²) >= 11 is 0.